The zero-order chi connectivity index (χ0) is 10.8. The fraction of sp³-hybridized carbons (Fsp3) is 0.0833. The van der Waals surface area contributed by atoms with Crippen LogP contribution >= 0.6 is 0 Å². The molecule has 0 amide bonds. The molecule has 0 aliphatic carbocycles. The van der Waals surface area contributed by atoms with Gasteiger partial charge in [0, 0.05) is 11.3 Å². The van der Waals surface area contributed by atoms with E-state index in [2.05, 4.69) is 4.98 Å². The average molecular weight is 200 g/mol. The van der Waals surface area contributed by atoms with Crippen molar-refractivity contribution in [1.82, 2.24) is 4.98 Å². The molecule has 3 heteroatoms. The molecule has 0 aliphatic heterocycles. The van der Waals surface area contributed by atoms with Crippen molar-refractivity contribution in [2.75, 3.05) is 5.73 Å². The molecule has 0 radical (unpaired) electrons. The molecule has 0 saturated heterocycles. The predicted molar refractivity (Wildman–Crippen MR) is 60.5 cm³/mol. The van der Waals surface area contributed by atoms with Gasteiger partial charge in [0.15, 0.2) is 0 Å². The van der Waals surface area contributed by atoms with Gasteiger partial charge in [0.05, 0.1) is 11.4 Å². The van der Waals surface area contributed by atoms with Gasteiger partial charge >= 0.3 is 0 Å². The lowest BCUT2D eigenvalue weighted by molar-refractivity contribution is 0.468. The Kier molecular flexibility index (Phi) is 2.29. The fourth-order valence-electron chi connectivity index (χ4n) is 1.37. The first-order chi connectivity index (χ1) is 7.16. The van der Waals surface area contributed by atoms with Gasteiger partial charge in [-0.15, -0.1) is 0 Å². The van der Waals surface area contributed by atoms with Crippen molar-refractivity contribution in [3.63, 3.8) is 0 Å². The van der Waals surface area contributed by atoms with E-state index in [1.807, 2.05) is 24.3 Å². The Hall–Kier alpha value is -2.03. The molecule has 3 nitrogen and oxygen atoms in total. The molecular weight excluding hydrogens is 188 g/mol. The largest absolute Gasteiger partial charge is 0.506 e. The van der Waals surface area contributed by atoms with E-state index >= 15 is 0 Å². The van der Waals surface area contributed by atoms with Crippen molar-refractivity contribution >= 4 is 5.69 Å². The fourth-order valence-corrected chi connectivity index (χ4v) is 1.37. The van der Waals surface area contributed by atoms with E-state index in [1.165, 1.54) is 0 Å². The Bertz CT molecular complexity index is 477. The minimum absolute atomic E-state index is 0.217. The van der Waals surface area contributed by atoms with Gasteiger partial charge in [0.25, 0.3) is 0 Å². The van der Waals surface area contributed by atoms with Crippen molar-refractivity contribution in [2.45, 2.75) is 6.92 Å². The number of rotatable bonds is 1. The highest BCUT2D eigenvalue weighted by Crippen LogP contribution is 2.22. The summed E-state index contributed by atoms with van der Waals surface area (Å²) in [5, 5.41) is 9.35. The van der Waals surface area contributed by atoms with E-state index in [-0.39, 0.29) is 5.75 Å². The van der Waals surface area contributed by atoms with Crippen LogP contribution < -0.4 is 5.73 Å². The third-order valence-electron chi connectivity index (χ3n) is 2.26. The van der Waals surface area contributed by atoms with Gasteiger partial charge in [-0.05, 0) is 31.2 Å². The maximum absolute atomic E-state index is 9.35. The summed E-state index contributed by atoms with van der Waals surface area (Å²) in [4.78, 5) is 4.28. The molecule has 2 aromatic rings. The van der Waals surface area contributed by atoms with Gasteiger partial charge in [-0.1, -0.05) is 12.1 Å². The predicted octanol–water partition coefficient (Wildman–Crippen LogP) is 2.34. The van der Waals surface area contributed by atoms with Crippen LogP contribution in [0.2, 0.25) is 0 Å². The van der Waals surface area contributed by atoms with Gasteiger partial charge in [-0.3, -0.25) is 0 Å². The highest BCUT2D eigenvalue weighted by Gasteiger charge is 2.02. The molecule has 0 unspecified atom stereocenters. The zero-order valence-corrected chi connectivity index (χ0v) is 8.44. The van der Waals surface area contributed by atoms with E-state index in [1.54, 1.807) is 19.1 Å². The monoisotopic (exact) mass is 200 g/mol. The SMILES string of the molecule is Cc1nc(-c2ccc(N)cc2)ccc1O. The topological polar surface area (TPSA) is 59.1 Å². The van der Waals surface area contributed by atoms with Gasteiger partial charge < -0.3 is 10.8 Å². The van der Waals surface area contributed by atoms with Crippen LogP contribution in [-0.4, -0.2) is 10.1 Å². The summed E-state index contributed by atoms with van der Waals surface area (Å²) in [6.07, 6.45) is 0. The number of aromatic nitrogens is 1. The van der Waals surface area contributed by atoms with E-state index in [0.717, 1.165) is 16.9 Å². The molecule has 15 heavy (non-hydrogen) atoms. The lowest BCUT2D eigenvalue weighted by atomic mass is 10.1. The van der Waals surface area contributed by atoms with Crippen LogP contribution in [0, 0.1) is 6.92 Å². The summed E-state index contributed by atoms with van der Waals surface area (Å²) >= 11 is 0. The summed E-state index contributed by atoms with van der Waals surface area (Å²) in [6, 6.07) is 10.9. The molecule has 1 aromatic carbocycles. The number of aromatic hydroxyl groups is 1. The lowest BCUT2D eigenvalue weighted by Crippen LogP contribution is -1.88. The highest BCUT2D eigenvalue weighted by atomic mass is 16.3. The third-order valence-corrected chi connectivity index (χ3v) is 2.26. The number of aryl methyl sites for hydroxylation is 1. The zero-order valence-electron chi connectivity index (χ0n) is 8.44. The maximum atomic E-state index is 9.35. The van der Waals surface area contributed by atoms with E-state index < -0.39 is 0 Å². The van der Waals surface area contributed by atoms with Gasteiger partial charge in [-0.2, -0.15) is 0 Å². The number of nitrogens with zero attached hydrogens (tertiary/aromatic N) is 1. The molecular formula is C12H12N2O. The van der Waals surface area contributed by atoms with Crippen molar-refractivity contribution in [3.05, 3.63) is 42.1 Å². The Balaban J connectivity index is 2.45. The normalized spacial score (nSPS) is 10.2. The van der Waals surface area contributed by atoms with Gasteiger partial charge in [0.1, 0.15) is 5.75 Å². The number of nitrogen functional groups attached to an aromatic ring is 1. The van der Waals surface area contributed by atoms with Crippen LogP contribution in [0.15, 0.2) is 36.4 Å². The van der Waals surface area contributed by atoms with Crippen LogP contribution in [0.3, 0.4) is 0 Å². The molecule has 76 valence electrons. The summed E-state index contributed by atoms with van der Waals surface area (Å²) in [5.74, 6) is 0.217. The lowest BCUT2D eigenvalue weighted by Gasteiger charge is -2.03. The number of benzene rings is 1. The quantitative estimate of drug-likeness (QED) is 0.694. The average Bonchev–Trinajstić information content (AvgIpc) is 2.23. The molecule has 0 bridgehead atoms. The van der Waals surface area contributed by atoms with Crippen LogP contribution in [0.5, 0.6) is 5.75 Å². The standard InChI is InChI=1S/C12H12N2O/c1-8-12(15)7-6-11(14-8)9-2-4-10(13)5-3-9/h2-7,15H,13H2,1H3. The summed E-state index contributed by atoms with van der Waals surface area (Å²) in [5.41, 5.74) is 8.79. The summed E-state index contributed by atoms with van der Waals surface area (Å²) in [7, 11) is 0. The summed E-state index contributed by atoms with van der Waals surface area (Å²) in [6.45, 7) is 1.77. The van der Waals surface area contributed by atoms with Crippen molar-refractivity contribution in [1.29, 1.82) is 0 Å². The van der Waals surface area contributed by atoms with E-state index in [4.69, 9.17) is 5.73 Å². The van der Waals surface area contributed by atoms with Crippen LogP contribution in [0.4, 0.5) is 5.69 Å². The molecule has 0 atom stereocenters. The number of hydrogen-bond donors (Lipinski definition) is 2. The van der Waals surface area contributed by atoms with Gasteiger partial charge in [0.2, 0.25) is 0 Å². The van der Waals surface area contributed by atoms with E-state index in [0.29, 0.717) is 5.69 Å². The van der Waals surface area contributed by atoms with Crippen LogP contribution in [-0.2, 0) is 0 Å². The Morgan fingerprint density at radius 2 is 1.73 bits per heavy atom. The number of hydrogen-bond acceptors (Lipinski definition) is 3. The maximum Gasteiger partial charge on any atom is 0.136 e. The van der Waals surface area contributed by atoms with Crippen LogP contribution in [0.1, 0.15) is 5.69 Å². The summed E-state index contributed by atoms with van der Waals surface area (Å²) < 4.78 is 0. The van der Waals surface area contributed by atoms with E-state index in [9.17, 15) is 5.11 Å². The Labute approximate surface area is 88.2 Å². The smallest absolute Gasteiger partial charge is 0.136 e. The Morgan fingerprint density at radius 3 is 2.33 bits per heavy atom. The first-order valence-electron chi connectivity index (χ1n) is 4.69. The minimum Gasteiger partial charge on any atom is -0.506 e. The first-order valence-corrected chi connectivity index (χ1v) is 4.69. The molecule has 2 rings (SSSR count). The molecule has 0 aliphatic rings. The van der Waals surface area contributed by atoms with Crippen LogP contribution in [0.25, 0.3) is 11.3 Å². The van der Waals surface area contributed by atoms with Crippen molar-refractivity contribution in [3.8, 4) is 17.0 Å². The first kappa shape index (κ1) is 9.52. The van der Waals surface area contributed by atoms with Crippen molar-refractivity contribution in [2.24, 2.45) is 0 Å². The second-order valence-electron chi connectivity index (χ2n) is 3.42. The Morgan fingerprint density at radius 1 is 1.07 bits per heavy atom. The number of pyridine rings is 1. The van der Waals surface area contributed by atoms with Crippen molar-refractivity contribution < 1.29 is 5.11 Å². The third kappa shape index (κ3) is 1.91. The molecule has 0 spiro atoms. The second-order valence-corrected chi connectivity index (χ2v) is 3.42. The molecule has 0 saturated carbocycles. The number of anilines is 1. The van der Waals surface area contributed by atoms with Gasteiger partial charge in [-0.25, -0.2) is 4.98 Å². The highest BCUT2D eigenvalue weighted by molar-refractivity contribution is 5.62. The second kappa shape index (κ2) is 3.61. The number of nitrogens with two attached hydrogens (primary N) is 1. The molecule has 3 N–H and O–H groups in total. The molecule has 1 aromatic heterocycles. The minimum atomic E-state index is 0.217. The molecule has 0 fully saturated rings. The molecule has 1 heterocycles.